The number of hydrogen-bond acceptors (Lipinski definition) is 3. The number of carbonyl (C=O) groups excluding carboxylic acids is 1. The van der Waals surface area contributed by atoms with E-state index in [1.165, 1.54) is 18.2 Å². The summed E-state index contributed by atoms with van der Waals surface area (Å²) < 4.78 is 36.9. The van der Waals surface area contributed by atoms with Gasteiger partial charge < -0.3 is 11.1 Å². The van der Waals surface area contributed by atoms with Crippen LogP contribution in [0.5, 0.6) is 0 Å². The van der Waals surface area contributed by atoms with Gasteiger partial charge in [0, 0.05) is 16.6 Å². The highest BCUT2D eigenvalue weighted by molar-refractivity contribution is 8.00. The van der Waals surface area contributed by atoms with E-state index in [1.807, 2.05) is 0 Å². The molecule has 110 valence electrons. The van der Waals surface area contributed by atoms with Gasteiger partial charge in [-0.3, -0.25) is 4.79 Å². The molecule has 0 aliphatic heterocycles. The topological polar surface area (TPSA) is 55.1 Å². The molecule has 1 amide bonds. The van der Waals surface area contributed by atoms with Crippen LogP contribution in [-0.2, 0) is 4.79 Å². The number of hydrogen-bond donors (Lipinski definition) is 2. The molecule has 1 fully saturated rings. The van der Waals surface area contributed by atoms with E-state index >= 15 is 0 Å². The Hall–Kier alpha value is -1.21. The molecular formula is C13H15F3N2OS. The fraction of sp³-hybridized carbons (Fsp3) is 0.462. The van der Waals surface area contributed by atoms with E-state index < -0.39 is 5.51 Å². The number of alkyl halides is 3. The lowest BCUT2D eigenvalue weighted by atomic mass is 10.0. The Bertz CT molecular complexity index is 493. The van der Waals surface area contributed by atoms with Crippen LogP contribution in [0.2, 0.25) is 0 Å². The third-order valence-corrected chi connectivity index (χ3v) is 3.96. The monoisotopic (exact) mass is 304 g/mol. The molecule has 1 saturated carbocycles. The van der Waals surface area contributed by atoms with Gasteiger partial charge in [0.2, 0.25) is 5.91 Å². The molecule has 3 nitrogen and oxygen atoms in total. The Labute approximate surface area is 119 Å². The molecule has 0 saturated heterocycles. The van der Waals surface area contributed by atoms with Crippen LogP contribution >= 0.6 is 11.8 Å². The van der Waals surface area contributed by atoms with Crippen molar-refractivity contribution in [1.82, 2.24) is 0 Å². The average molecular weight is 304 g/mol. The molecular weight excluding hydrogens is 289 g/mol. The summed E-state index contributed by atoms with van der Waals surface area (Å²) in [7, 11) is 0. The first-order valence-electron chi connectivity index (χ1n) is 6.27. The lowest BCUT2D eigenvalue weighted by Crippen LogP contribution is -2.34. The van der Waals surface area contributed by atoms with E-state index in [0.29, 0.717) is 5.69 Å². The van der Waals surface area contributed by atoms with E-state index in [9.17, 15) is 18.0 Å². The zero-order valence-corrected chi connectivity index (χ0v) is 11.4. The van der Waals surface area contributed by atoms with Crippen molar-refractivity contribution in [3.8, 4) is 0 Å². The molecule has 2 rings (SSSR count). The van der Waals surface area contributed by atoms with Crippen LogP contribution in [0.3, 0.4) is 0 Å². The van der Waals surface area contributed by atoms with Crippen molar-refractivity contribution in [3.63, 3.8) is 0 Å². The molecule has 0 heterocycles. The average Bonchev–Trinajstić information content (AvgIpc) is 2.73. The molecule has 1 aliphatic rings. The van der Waals surface area contributed by atoms with E-state index in [1.54, 1.807) is 6.07 Å². The lowest BCUT2D eigenvalue weighted by molar-refractivity contribution is -0.120. The van der Waals surface area contributed by atoms with Crippen LogP contribution < -0.4 is 11.1 Å². The Kier molecular flexibility index (Phi) is 4.59. The first-order chi connectivity index (χ1) is 9.35. The van der Waals surface area contributed by atoms with Crippen molar-refractivity contribution in [2.24, 2.45) is 11.7 Å². The zero-order chi connectivity index (χ0) is 14.8. The second kappa shape index (κ2) is 6.05. The van der Waals surface area contributed by atoms with Crippen LogP contribution in [0.15, 0.2) is 29.2 Å². The fourth-order valence-electron chi connectivity index (χ4n) is 2.32. The second-order valence-corrected chi connectivity index (χ2v) is 5.90. The van der Waals surface area contributed by atoms with Crippen molar-refractivity contribution in [1.29, 1.82) is 0 Å². The standard InChI is InChI=1S/C13H15F3N2OS/c14-13(15,16)20-9-4-1-3-8(7-9)18-12(19)10-5-2-6-11(10)17/h1,3-4,7,10-11H,2,5-6,17H2,(H,18,19). The van der Waals surface area contributed by atoms with Crippen molar-refractivity contribution >= 4 is 23.4 Å². The molecule has 0 radical (unpaired) electrons. The molecule has 0 bridgehead atoms. The van der Waals surface area contributed by atoms with Gasteiger partial charge in [-0.15, -0.1) is 0 Å². The van der Waals surface area contributed by atoms with Gasteiger partial charge in [-0.1, -0.05) is 12.5 Å². The SMILES string of the molecule is NC1CCCC1C(=O)Nc1cccc(SC(F)(F)F)c1. The van der Waals surface area contributed by atoms with Crippen LogP contribution in [0.25, 0.3) is 0 Å². The molecule has 7 heteroatoms. The molecule has 1 aromatic rings. The fourth-order valence-corrected chi connectivity index (χ4v) is 2.92. The molecule has 3 N–H and O–H groups in total. The van der Waals surface area contributed by atoms with Gasteiger partial charge in [-0.25, -0.2) is 0 Å². The number of amides is 1. The maximum absolute atomic E-state index is 12.3. The first-order valence-corrected chi connectivity index (χ1v) is 7.09. The third kappa shape index (κ3) is 4.14. The highest BCUT2D eigenvalue weighted by Gasteiger charge is 2.31. The number of benzene rings is 1. The van der Waals surface area contributed by atoms with Gasteiger partial charge in [0.05, 0.1) is 5.92 Å². The number of nitrogens with one attached hydrogen (secondary N) is 1. The van der Waals surface area contributed by atoms with Gasteiger partial charge in [0.15, 0.2) is 0 Å². The molecule has 2 unspecified atom stereocenters. The number of nitrogens with two attached hydrogens (primary N) is 1. The summed E-state index contributed by atoms with van der Waals surface area (Å²) in [6, 6.07) is 5.56. The summed E-state index contributed by atoms with van der Waals surface area (Å²) in [5.41, 5.74) is 1.86. The Morgan fingerprint density at radius 1 is 1.35 bits per heavy atom. The van der Waals surface area contributed by atoms with Gasteiger partial charge >= 0.3 is 5.51 Å². The predicted molar refractivity (Wildman–Crippen MR) is 72.3 cm³/mol. The maximum atomic E-state index is 12.3. The van der Waals surface area contributed by atoms with Crippen molar-refractivity contribution in [2.75, 3.05) is 5.32 Å². The van der Waals surface area contributed by atoms with Gasteiger partial charge in [0.1, 0.15) is 0 Å². The number of carbonyl (C=O) groups is 1. The number of rotatable bonds is 3. The Morgan fingerprint density at radius 2 is 2.10 bits per heavy atom. The number of anilines is 1. The molecule has 20 heavy (non-hydrogen) atoms. The van der Waals surface area contributed by atoms with Gasteiger partial charge in [-0.05, 0) is 42.8 Å². The van der Waals surface area contributed by atoms with Crippen LogP contribution in [0.1, 0.15) is 19.3 Å². The minimum absolute atomic E-state index is 0.0472. The first kappa shape index (κ1) is 15.2. The zero-order valence-electron chi connectivity index (χ0n) is 10.6. The lowest BCUT2D eigenvalue weighted by Gasteiger charge is -2.15. The highest BCUT2D eigenvalue weighted by Crippen LogP contribution is 2.37. The molecule has 0 aromatic heterocycles. The van der Waals surface area contributed by atoms with E-state index in [-0.39, 0.29) is 34.5 Å². The smallest absolute Gasteiger partial charge is 0.327 e. The van der Waals surface area contributed by atoms with Crippen molar-refractivity contribution in [3.05, 3.63) is 24.3 Å². The summed E-state index contributed by atoms with van der Waals surface area (Å²) in [6.07, 6.45) is 2.44. The molecule has 1 aromatic carbocycles. The van der Waals surface area contributed by atoms with Gasteiger partial charge in [0.25, 0.3) is 0 Å². The van der Waals surface area contributed by atoms with E-state index in [0.717, 1.165) is 19.3 Å². The van der Waals surface area contributed by atoms with Gasteiger partial charge in [-0.2, -0.15) is 13.2 Å². The quantitative estimate of drug-likeness (QED) is 0.842. The van der Waals surface area contributed by atoms with Crippen LogP contribution in [-0.4, -0.2) is 17.5 Å². The summed E-state index contributed by atoms with van der Waals surface area (Å²) in [5.74, 6) is -0.474. The highest BCUT2D eigenvalue weighted by atomic mass is 32.2. The number of thioether (sulfide) groups is 1. The minimum Gasteiger partial charge on any atom is -0.327 e. The summed E-state index contributed by atoms with van der Waals surface area (Å²) in [6.45, 7) is 0. The maximum Gasteiger partial charge on any atom is 0.446 e. The molecule has 1 aliphatic carbocycles. The van der Waals surface area contributed by atoms with E-state index in [4.69, 9.17) is 5.73 Å². The largest absolute Gasteiger partial charge is 0.446 e. The molecule has 2 atom stereocenters. The van der Waals surface area contributed by atoms with Crippen LogP contribution in [0, 0.1) is 5.92 Å². The van der Waals surface area contributed by atoms with Crippen LogP contribution in [0.4, 0.5) is 18.9 Å². The summed E-state index contributed by atoms with van der Waals surface area (Å²) >= 11 is -0.201. The minimum atomic E-state index is -4.34. The second-order valence-electron chi connectivity index (χ2n) is 4.77. The van der Waals surface area contributed by atoms with Crippen molar-refractivity contribution < 1.29 is 18.0 Å². The Morgan fingerprint density at radius 3 is 2.70 bits per heavy atom. The summed E-state index contributed by atoms with van der Waals surface area (Å²) in [4.78, 5) is 12.0. The normalized spacial score (nSPS) is 22.8. The van der Waals surface area contributed by atoms with E-state index in [2.05, 4.69) is 5.32 Å². The predicted octanol–water partition coefficient (Wildman–Crippen LogP) is 3.36. The summed E-state index contributed by atoms with van der Waals surface area (Å²) in [5, 5.41) is 2.64. The Balaban J connectivity index is 2.02. The molecule has 0 spiro atoms. The third-order valence-electron chi connectivity index (χ3n) is 3.24. The van der Waals surface area contributed by atoms with Crippen molar-refractivity contribution in [2.45, 2.75) is 35.7 Å². The number of halogens is 3.